The third kappa shape index (κ3) is 2.48. The fourth-order valence-corrected chi connectivity index (χ4v) is 1.80. The van der Waals surface area contributed by atoms with Crippen molar-refractivity contribution in [1.29, 1.82) is 0 Å². The molecule has 0 unspecified atom stereocenters. The quantitative estimate of drug-likeness (QED) is 0.781. The third-order valence-electron chi connectivity index (χ3n) is 2.86. The Bertz CT molecular complexity index is 600. The topological polar surface area (TPSA) is 78.5 Å². The van der Waals surface area contributed by atoms with Crippen LogP contribution in [0.4, 0.5) is 11.4 Å². The van der Waals surface area contributed by atoms with Crippen LogP contribution in [0.2, 0.25) is 0 Å². The van der Waals surface area contributed by atoms with Crippen molar-refractivity contribution in [3.05, 3.63) is 22.7 Å². The molecule has 0 amide bonds. The summed E-state index contributed by atoms with van der Waals surface area (Å²) in [6.45, 7) is 1.78. The minimum Gasteiger partial charge on any atom is -0.408 e. The van der Waals surface area contributed by atoms with E-state index in [0.29, 0.717) is 16.8 Å². The van der Waals surface area contributed by atoms with E-state index in [1.54, 1.807) is 6.07 Å². The molecule has 0 radical (unpaired) electrons. The molecule has 0 saturated heterocycles. The normalized spacial score (nSPS) is 11.3. The molecule has 0 aliphatic heterocycles. The molecule has 98 valence electrons. The number of anilines is 2. The van der Waals surface area contributed by atoms with Crippen molar-refractivity contribution in [2.75, 3.05) is 44.9 Å². The van der Waals surface area contributed by atoms with Gasteiger partial charge in [-0.05, 0) is 20.2 Å². The number of oxazole rings is 1. The van der Waals surface area contributed by atoms with Gasteiger partial charge in [0.25, 0.3) is 0 Å². The summed E-state index contributed by atoms with van der Waals surface area (Å²) in [6.07, 6.45) is 0. The maximum absolute atomic E-state index is 11.1. The molecule has 0 atom stereocenters. The zero-order valence-corrected chi connectivity index (χ0v) is 10.9. The average molecular weight is 250 g/mol. The number of aromatic nitrogens is 1. The first-order valence-corrected chi connectivity index (χ1v) is 5.75. The van der Waals surface area contributed by atoms with E-state index >= 15 is 0 Å². The van der Waals surface area contributed by atoms with Gasteiger partial charge in [-0.1, -0.05) is 0 Å². The molecule has 3 N–H and O–H groups in total. The zero-order chi connectivity index (χ0) is 13.3. The van der Waals surface area contributed by atoms with Crippen LogP contribution in [0, 0.1) is 0 Å². The van der Waals surface area contributed by atoms with Crippen LogP contribution in [0.15, 0.2) is 21.3 Å². The summed E-state index contributed by atoms with van der Waals surface area (Å²) in [5.41, 5.74) is 8.62. The number of nitrogens with zero attached hydrogens (tertiary/aromatic N) is 2. The van der Waals surface area contributed by atoms with Gasteiger partial charge in [-0.15, -0.1) is 0 Å². The van der Waals surface area contributed by atoms with Gasteiger partial charge in [0.1, 0.15) is 0 Å². The summed E-state index contributed by atoms with van der Waals surface area (Å²) in [6, 6.07) is 3.51. The lowest BCUT2D eigenvalue weighted by Gasteiger charge is -2.22. The number of likely N-dealkylation sites (N-methyl/N-ethyl adjacent to an activating group) is 2. The van der Waals surface area contributed by atoms with Crippen molar-refractivity contribution >= 4 is 22.5 Å². The first-order valence-electron chi connectivity index (χ1n) is 5.75. The molecule has 0 aliphatic carbocycles. The van der Waals surface area contributed by atoms with Crippen LogP contribution in [-0.2, 0) is 0 Å². The number of hydrogen-bond donors (Lipinski definition) is 2. The highest BCUT2D eigenvalue weighted by molar-refractivity contribution is 5.85. The van der Waals surface area contributed by atoms with Gasteiger partial charge in [-0.25, -0.2) is 4.79 Å². The average Bonchev–Trinajstić information content (AvgIpc) is 2.64. The molecule has 6 heteroatoms. The molecule has 0 fully saturated rings. The summed E-state index contributed by atoms with van der Waals surface area (Å²) in [5.74, 6) is -0.461. The second-order valence-electron chi connectivity index (χ2n) is 4.65. The van der Waals surface area contributed by atoms with Crippen LogP contribution in [-0.4, -0.2) is 44.1 Å². The SMILES string of the molecule is CN(C)CCN(C)c1cc2[nH]c(=O)oc2cc1N. The highest BCUT2D eigenvalue weighted by atomic mass is 16.4. The number of hydrogen-bond acceptors (Lipinski definition) is 5. The van der Waals surface area contributed by atoms with Gasteiger partial charge in [0.05, 0.1) is 16.9 Å². The second-order valence-corrected chi connectivity index (χ2v) is 4.65. The van der Waals surface area contributed by atoms with E-state index in [1.807, 2.05) is 27.2 Å². The Morgan fingerprint density at radius 1 is 1.28 bits per heavy atom. The molecule has 2 aromatic rings. The van der Waals surface area contributed by atoms with Gasteiger partial charge in [-0.2, -0.15) is 0 Å². The van der Waals surface area contributed by atoms with Gasteiger partial charge in [-0.3, -0.25) is 4.98 Å². The number of nitrogens with one attached hydrogen (secondary N) is 1. The number of aromatic amines is 1. The lowest BCUT2D eigenvalue weighted by molar-refractivity contribution is 0.416. The summed E-state index contributed by atoms with van der Waals surface area (Å²) in [7, 11) is 6.02. The molecule has 0 saturated carbocycles. The fourth-order valence-electron chi connectivity index (χ4n) is 1.80. The molecule has 0 spiro atoms. The van der Waals surface area contributed by atoms with E-state index in [2.05, 4.69) is 14.8 Å². The summed E-state index contributed by atoms with van der Waals surface area (Å²) in [5, 5.41) is 0. The van der Waals surface area contributed by atoms with E-state index in [1.165, 1.54) is 0 Å². The molecule has 0 bridgehead atoms. The van der Waals surface area contributed by atoms with Gasteiger partial charge < -0.3 is 20.0 Å². The summed E-state index contributed by atoms with van der Waals surface area (Å²) < 4.78 is 4.96. The van der Waals surface area contributed by atoms with Gasteiger partial charge in [0.2, 0.25) is 0 Å². The lowest BCUT2D eigenvalue weighted by Crippen LogP contribution is -2.28. The zero-order valence-electron chi connectivity index (χ0n) is 10.9. The minimum atomic E-state index is -0.461. The molecule has 1 aromatic heterocycles. The standard InChI is InChI=1S/C12H18N4O2/c1-15(2)4-5-16(3)10-7-9-11(6-8(10)13)18-12(17)14-9/h6-7H,4-5,13H2,1-3H3,(H,14,17). The Morgan fingerprint density at radius 3 is 2.67 bits per heavy atom. The molecule has 0 aliphatic rings. The first kappa shape index (κ1) is 12.5. The summed E-state index contributed by atoms with van der Waals surface area (Å²) >= 11 is 0. The van der Waals surface area contributed by atoms with Crippen LogP contribution in [0.25, 0.3) is 11.1 Å². The van der Waals surface area contributed by atoms with E-state index in [0.717, 1.165) is 18.8 Å². The van der Waals surface area contributed by atoms with Gasteiger partial charge >= 0.3 is 5.76 Å². The molecular weight excluding hydrogens is 232 g/mol. The Balaban J connectivity index is 2.31. The molecular formula is C12H18N4O2. The highest BCUT2D eigenvalue weighted by Crippen LogP contribution is 2.26. The number of benzene rings is 1. The van der Waals surface area contributed by atoms with Crippen molar-refractivity contribution < 1.29 is 4.42 Å². The number of nitrogen functional groups attached to an aromatic ring is 1. The van der Waals surface area contributed by atoms with Crippen molar-refractivity contribution in [2.45, 2.75) is 0 Å². The number of fused-ring (bicyclic) bond motifs is 1. The van der Waals surface area contributed by atoms with E-state index in [9.17, 15) is 4.79 Å². The molecule has 1 heterocycles. The Hall–Kier alpha value is -1.95. The molecule has 18 heavy (non-hydrogen) atoms. The Labute approximate surface area is 105 Å². The maximum Gasteiger partial charge on any atom is 0.417 e. The monoisotopic (exact) mass is 250 g/mol. The van der Waals surface area contributed by atoms with Crippen molar-refractivity contribution in [1.82, 2.24) is 9.88 Å². The van der Waals surface area contributed by atoms with Crippen LogP contribution >= 0.6 is 0 Å². The predicted molar refractivity (Wildman–Crippen MR) is 73.1 cm³/mol. The highest BCUT2D eigenvalue weighted by Gasteiger charge is 2.10. The van der Waals surface area contributed by atoms with E-state index in [-0.39, 0.29) is 0 Å². The Morgan fingerprint density at radius 2 is 2.00 bits per heavy atom. The van der Waals surface area contributed by atoms with Gasteiger partial charge in [0.15, 0.2) is 5.58 Å². The summed E-state index contributed by atoms with van der Waals surface area (Å²) in [4.78, 5) is 17.9. The Kier molecular flexibility index (Phi) is 3.29. The van der Waals surface area contributed by atoms with Crippen LogP contribution in [0.5, 0.6) is 0 Å². The van der Waals surface area contributed by atoms with Crippen molar-refractivity contribution in [3.8, 4) is 0 Å². The molecule has 6 nitrogen and oxygen atoms in total. The number of nitrogens with two attached hydrogens (primary N) is 1. The largest absolute Gasteiger partial charge is 0.417 e. The predicted octanol–water partition coefficient (Wildman–Crippen LogP) is 0.701. The number of rotatable bonds is 4. The molecule has 1 aromatic carbocycles. The van der Waals surface area contributed by atoms with Crippen LogP contribution < -0.4 is 16.4 Å². The maximum atomic E-state index is 11.1. The van der Waals surface area contributed by atoms with Crippen molar-refractivity contribution in [3.63, 3.8) is 0 Å². The fraction of sp³-hybridized carbons (Fsp3) is 0.417. The van der Waals surface area contributed by atoms with Crippen molar-refractivity contribution in [2.24, 2.45) is 0 Å². The van der Waals surface area contributed by atoms with Crippen LogP contribution in [0.1, 0.15) is 0 Å². The van der Waals surface area contributed by atoms with E-state index < -0.39 is 5.76 Å². The number of H-pyrrole nitrogens is 1. The first-order chi connectivity index (χ1) is 8.47. The second kappa shape index (κ2) is 4.73. The van der Waals surface area contributed by atoms with E-state index in [4.69, 9.17) is 10.2 Å². The van der Waals surface area contributed by atoms with Crippen LogP contribution in [0.3, 0.4) is 0 Å². The molecule has 2 rings (SSSR count). The third-order valence-corrected chi connectivity index (χ3v) is 2.86. The lowest BCUT2D eigenvalue weighted by atomic mass is 10.2. The van der Waals surface area contributed by atoms with Gasteiger partial charge in [0, 0.05) is 26.2 Å². The minimum absolute atomic E-state index is 0.461. The smallest absolute Gasteiger partial charge is 0.408 e.